The van der Waals surface area contributed by atoms with Crippen LogP contribution in [0, 0.1) is 0 Å². The van der Waals surface area contributed by atoms with Gasteiger partial charge < -0.3 is 15.0 Å². The van der Waals surface area contributed by atoms with Crippen molar-refractivity contribution in [3.8, 4) is 11.5 Å². The standard InChI is InChI=1S/C19H12F3N3O3/c20-19(21,22)15-6-5-12(17(26)24-15)18(27)25-16-10-3-1-2-4-13(10)28-14-9-23-8-7-11(14)16/h1-9,16H,(H,24,26)(H,25,27). The van der Waals surface area contributed by atoms with E-state index in [-0.39, 0.29) is 0 Å². The summed E-state index contributed by atoms with van der Waals surface area (Å²) >= 11 is 0. The summed E-state index contributed by atoms with van der Waals surface area (Å²) in [6.45, 7) is 0. The Kier molecular flexibility index (Phi) is 4.14. The fourth-order valence-electron chi connectivity index (χ4n) is 2.99. The number of benzene rings is 1. The van der Waals surface area contributed by atoms with Gasteiger partial charge in [0.05, 0.1) is 12.2 Å². The van der Waals surface area contributed by atoms with Crippen molar-refractivity contribution in [3.63, 3.8) is 0 Å². The SMILES string of the molecule is O=C(NC1c2ccccc2Oc2cnccc21)c1ccc(C(F)(F)F)[nH]c1=O. The number of aromatic amines is 1. The molecule has 1 amide bonds. The first-order chi connectivity index (χ1) is 13.3. The molecule has 1 aliphatic rings. The van der Waals surface area contributed by atoms with Crippen LogP contribution >= 0.6 is 0 Å². The highest BCUT2D eigenvalue weighted by molar-refractivity contribution is 5.94. The molecule has 6 nitrogen and oxygen atoms in total. The molecule has 2 N–H and O–H groups in total. The van der Waals surface area contributed by atoms with Gasteiger partial charge in [-0.15, -0.1) is 0 Å². The normalized spacial score (nSPS) is 15.2. The topological polar surface area (TPSA) is 84.1 Å². The van der Waals surface area contributed by atoms with Gasteiger partial charge in [0.15, 0.2) is 5.75 Å². The summed E-state index contributed by atoms with van der Waals surface area (Å²) < 4.78 is 43.9. The number of hydrogen-bond donors (Lipinski definition) is 2. The number of amides is 1. The van der Waals surface area contributed by atoms with Crippen LogP contribution in [0.15, 0.2) is 59.7 Å². The lowest BCUT2D eigenvalue weighted by atomic mass is 9.95. The number of nitrogens with one attached hydrogen (secondary N) is 2. The lowest BCUT2D eigenvalue weighted by molar-refractivity contribution is -0.141. The van der Waals surface area contributed by atoms with Gasteiger partial charge in [-0.05, 0) is 24.3 Å². The predicted molar refractivity (Wildman–Crippen MR) is 92.1 cm³/mol. The minimum Gasteiger partial charge on any atom is -0.455 e. The maximum absolute atomic E-state index is 12.7. The number of H-pyrrole nitrogens is 1. The van der Waals surface area contributed by atoms with Gasteiger partial charge in [-0.1, -0.05) is 18.2 Å². The molecule has 0 radical (unpaired) electrons. The molecule has 1 aromatic carbocycles. The summed E-state index contributed by atoms with van der Waals surface area (Å²) in [5.74, 6) is 0.141. The van der Waals surface area contributed by atoms with E-state index >= 15 is 0 Å². The highest BCUT2D eigenvalue weighted by Crippen LogP contribution is 2.42. The number of para-hydroxylation sites is 1. The molecular weight excluding hydrogens is 375 g/mol. The number of halogens is 3. The van der Waals surface area contributed by atoms with Crippen molar-refractivity contribution < 1.29 is 22.7 Å². The van der Waals surface area contributed by atoms with Crippen LogP contribution in [-0.4, -0.2) is 15.9 Å². The quantitative estimate of drug-likeness (QED) is 0.706. The predicted octanol–water partition coefficient (Wildman–Crippen LogP) is 3.41. The summed E-state index contributed by atoms with van der Waals surface area (Å²) in [6, 6.07) is 9.51. The Balaban J connectivity index is 1.70. The van der Waals surface area contributed by atoms with Crippen LogP contribution in [0.2, 0.25) is 0 Å². The molecule has 1 unspecified atom stereocenters. The third-order valence-electron chi connectivity index (χ3n) is 4.31. The first kappa shape index (κ1) is 17.8. The van der Waals surface area contributed by atoms with E-state index in [0.29, 0.717) is 28.7 Å². The van der Waals surface area contributed by atoms with Crippen LogP contribution in [-0.2, 0) is 6.18 Å². The zero-order valence-electron chi connectivity index (χ0n) is 14.1. The van der Waals surface area contributed by atoms with E-state index in [4.69, 9.17) is 4.74 Å². The van der Waals surface area contributed by atoms with Gasteiger partial charge in [0.25, 0.3) is 11.5 Å². The molecule has 3 aromatic rings. The highest BCUT2D eigenvalue weighted by atomic mass is 19.4. The Bertz CT molecular complexity index is 1080. The van der Waals surface area contributed by atoms with Crippen LogP contribution in [0.4, 0.5) is 13.2 Å². The maximum Gasteiger partial charge on any atom is 0.431 e. The van der Waals surface area contributed by atoms with Crippen molar-refractivity contribution in [2.45, 2.75) is 12.2 Å². The summed E-state index contributed by atoms with van der Waals surface area (Å²) in [6.07, 6.45) is -1.69. The Morgan fingerprint density at radius 3 is 2.57 bits per heavy atom. The Morgan fingerprint density at radius 1 is 1.07 bits per heavy atom. The molecule has 9 heteroatoms. The Morgan fingerprint density at radius 2 is 1.82 bits per heavy atom. The summed E-state index contributed by atoms with van der Waals surface area (Å²) in [4.78, 5) is 30.3. The van der Waals surface area contributed by atoms with E-state index in [2.05, 4.69) is 10.3 Å². The zero-order chi connectivity index (χ0) is 19.9. The van der Waals surface area contributed by atoms with Crippen LogP contribution in [0.5, 0.6) is 11.5 Å². The third-order valence-corrected chi connectivity index (χ3v) is 4.31. The van der Waals surface area contributed by atoms with Crippen LogP contribution < -0.4 is 15.6 Å². The number of nitrogens with zero attached hydrogens (tertiary/aromatic N) is 1. The van der Waals surface area contributed by atoms with Crippen molar-refractivity contribution in [2.75, 3.05) is 0 Å². The fraction of sp³-hybridized carbons (Fsp3) is 0.105. The molecule has 0 saturated heterocycles. The van der Waals surface area contributed by atoms with Gasteiger partial charge in [0.2, 0.25) is 0 Å². The smallest absolute Gasteiger partial charge is 0.431 e. The molecule has 4 rings (SSSR count). The zero-order valence-corrected chi connectivity index (χ0v) is 14.1. The van der Waals surface area contributed by atoms with Crippen molar-refractivity contribution in [1.29, 1.82) is 0 Å². The van der Waals surface area contributed by atoms with Crippen LogP contribution in [0.25, 0.3) is 0 Å². The third kappa shape index (κ3) is 3.11. The number of alkyl halides is 3. The lowest BCUT2D eigenvalue weighted by Gasteiger charge is -2.28. The van der Waals surface area contributed by atoms with E-state index in [1.807, 2.05) is 0 Å². The molecule has 0 fully saturated rings. The lowest BCUT2D eigenvalue weighted by Crippen LogP contribution is -2.35. The number of rotatable bonds is 2. The monoisotopic (exact) mass is 387 g/mol. The van der Waals surface area contributed by atoms with E-state index in [0.717, 1.165) is 6.07 Å². The Hall–Kier alpha value is -3.62. The van der Waals surface area contributed by atoms with Gasteiger partial charge in [0, 0.05) is 17.3 Å². The number of hydrogen-bond acceptors (Lipinski definition) is 4. The average Bonchev–Trinajstić information content (AvgIpc) is 2.67. The van der Waals surface area contributed by atoms with Crippen LogP contribution in [0.1, 0.15) is 33.2 Å². The maximum atomic E-state index is 12.7. The molecular formula is C19H12F3N3O3. The second-order valence-electron chi connectivity index (χ2n) is 6.07. The minimum absolute atomic E-state index is 0.424. The molecule has 0 aliphatic carbocycles. The molecule has 0 saturated carbocycles. The number of fused-ring (bicyclic) bond motifs is 2. The van der Waals surface area contributed by atoms with Gasteiger partial charge >= 0.3 is 6.18 Å². The second kappa shape index (κ2) is 6.52. The first-order valence-corrected chi connectivity index (χ1v) is 8.16. The van der Waals surface area contributed by atoms with Crippen molar-refractivity contribution in [3.05, 3.63) is 87.6 Å². The van der Waals surface area contributed by atoms with Crippen molar-refractivity contribution >= 4 is 5.91 Å². The first-order valence-electron chi connectivity index (χ1n) is 8.16. The van der Waals surface area contributed by atoms with Gasteiger partial charge in [-0.2, -0.15) is 13.2 Å². The highest BCUT2D eigenvalue weighted by Gasteiger charge is 2.33. The van der Waals surface area contributed by atoms with E-state index in [1.54, 1.807) is 35.3 Å². The molecule has 0 bridgehead atoms. The van der Waals surface area contributed by atoms with E-state index in [1.165, 1.54) is 12.4 Å². The summed E-state index contributed by atoms with van der Waals surface area (Å²) in [5, 5.41) is 2.70. The molecule has 142 valence electrons. The number of carbonyl (C=O) groups is 1. The number of carbonyl (C=O) groups excluding carboxylic acids is 1. The Labute approximate surface area is 156 Å². The van der Waals surface area contributed by atoms with Gasteiger partial charge in [0.1, 0.15) is 17.0 Å². The minimum atomic E-state index is -4.71. The molecule has 2 aromatic heterocycles. The van der Waals surface area contributed by atoms with Crippen LogP contribution in [0.3, 0.4) is 0 Å². The van der Waals surface area contributed by atoms with Crippen molar-refractivity contribution in [2.24, 2.45) is 0 Å². The molecule has 28 heavy (non-hydrogen) atoms. The molecule has 1 atom stereocenters. The molecule has 3 heterocycles. The number of pyridine rings is 2. The number of ether oxygens (including phenoxy) is 1. The molecule has 1 aliphatic heterocycles. The average molecular weight is 387 g/mol. The molecule has 0 spiro atoms. The fourth-order valence-corrected chi connectivity index (χ4v) is 2.99. The van der Waals surface area contributed by atoms with Gasteiger partial charge in [-0.3, -0.25) is 14.6 Å². The van der Waals surface area contributed by atoms with E-state index in [9.17, 15) is 22.8 Å². The van der Waals surface area contributed by atoms with E-state index < -0.39 is 34.9 Å². The largest absolute Gasteiger partial charge is 0.455 e. The second-order valence-corrected chi connectivity index (χ2v) is 6.07. The van der Waals surface area contributed by atoms with Crippen molar-refractivity contribution in [1.82, 2.24) is 15.3 Å². The van der Waals surface area contributed by atoms with Gasteiger partial charge in [-0.25, -0.2) is 0 Å². The summed E-state index contributed by atoms with van der Waals surface area (Å²) in [5.41, 5.74) is -1.50. The summed E-state index contributed by atoms with van der Waals surface area (Å²) in [7, 11) is 0. The number of aromatic nitrogens is 2.